The van der Waals surface area contributed by atoms with Crippen LogP contribution in [0.4, 0.5) is 0 Å². The second kappa shape index (κ2) is 9.26. The number of hydrogen-bond acceptors (Lipinski definition) is 3. The van der Waals surface area contributed by atoms with Gasteiger partial charge in [-0.25, -0.2) is 0 Å². The van der Waals surface area contributed by atoms with E-state index in [0.29, 0.717) is 30.9 Å². The first-order valence-corrected chi connectivity index (χ1v) is 8.90. The van der Waals surface area contributed by atoms with Gasteiger partial charge in [0.05, 0.1) is 6.10 Å². The van der Waals surface area contributed by atoms with E-state index in [4.69, 9.17) is 4.74 Å². The largest absolute Gasteiger partial charge is 0.379 e. The summed E-state index contributed by atoms with van der Waals surface area (Å²) in [5, 5.41) is 5.52. The van der Waals surface area contributed by atoms with Crippen molar-refractivity contribution in [1.29, 1.82) is 0 Å². The number of ether oxygens (including phenoxy) is 1. The maximum Gasteiger partial charge on any atom is 0.309 e. The van der Waals surface area contributed by atoms with Crippen LogP contribution in [0.25, 0.3) is 0 Å². The van der Waals surface area contributed by atoms with Crippen LogP contribution in [-0.4, -0.2) is 37.1 Å². The summed E-state index contributed by atoms with van der Waals surface area (Å²) in [5.74, 6) is -0.341. The highest BCUT2D eigenvalue weighted by Gasteiger charge is 2.30. The molecule has 0 heterocycles. The average molecular weight is 326 g/mol. The minimum Gasteiger partial charge on any atom is -0.379 e. The van der Waals surface area contributed by atoms with Gasteiger partial charge in [0.25, 0.3) is 0 Å². The monoisotopic (exact) mass is 326 g/mol. The molecule has 0 unspecified atom stereocenters. The normalized spacial score (nSPS) is 22.0. The van der Waals surface area contributed by atoms with Gasteiger partial charge in [-0.2, -0.15) is 0 Å². The maximum atomic E-state index is 11.9. The number of nitrogens with one attached hydrogen (secondary N) is 2. The minimum atomic E-state index is -0.535. The van der Waals surface area contributed by atoms with Crippen molar-refractivity contribution in [3.05, 3.63) is 0 Å². The number of amides is 2. The highest BCUT2D eigenvalue weighted by atomic mass is 16.5. The molecule has 0 aromatic carbocycles. The maximum absolute atomic E-state index is 11.9. The third-order valence-electron chi connectivity index (χ3n) is 4.55. The summed E-state index contributed by atoms with van der Waals surface area (Å²) in [4.78, 5) is 23.7. The molecule has 134 valence electrons. The molecule has 0 bridgehead atoms. The summed E-state index contributed by atoms with van der Waals surface area (Å²) in [6.45, 7) is 11.8. The molecule has 0 aliphatic heterocycles. The first kappa shape index (κ1) is 19.9. The molecule has 0 atom stereocenters. The van der Waals surface area contributed by atoms with E-state index in [9.17, 15) is 9.59 Å². The van der Waals surface area contributed by atoms with Gasteiger partial charge in [0.15, 0.2) is 0 Å². The Bertz CT molecular complexity index is 380. The molecule has 1 saturated carbocycles. The SMILES string of the molecule is CC(C)OCCCNC(=O)C(=O)NC1CCC(C(C)(C)C)CC1. The van der Waals surface area contributed by atoms with Crippen molar-refractivity contribution in [2.45, 2.75) is 78.9 Å². The highest BCUT2D eigenvalue weighted by molar-refractivity contribution is 6.35. The Balaban J connectivity index is 2.20. The fourth-order valence-electron chi connectivity index (χ4n) is 3.03. The van der Waals surface area contributed by atoms with Crippen LogP contribution in [0.15, 0.2) is 0 Å². The fourth-order valence-corrected chi connectivity index (χ4v) is 3.03. The lowest BCUT2D eigenvalue weighted by molar-refractivity contribution is -0.139. The van der Waals surface area contributed by atoms with Gasteiger partial charge in [-0.15, -0.1) is 0 Å². The molecular formula is C18H34N2O3. The Morgan fingerprint density at radius 3 is 2.22 bits per heavy atom. The lowest BCUT2D eigenvalue weighted by Crippen LogP contribution is -2.46. The van der Waals surface area contributed by atoms with Gasteiger partial charge in [0.2, 0.25) is 0 Å². The molecule has 2 N–H and O–H groups in total. The van der Waals surface area contributed by atoms with Crippen LogP contribution in [-0.2, 0) is 14.3 Å². The number of carbonyl (C=O) groups excluding carboxylic acids is 2. The molecule has 2 amide bonds. The molecule has 1 rings (SSSR count). The summed E-state index contributed by atoms with van der Waals surface area (Å²) < 4.78 is 5.39. The van der Waals surface area contributed by atoms with Crippen LogP contribution in [0.1, 0.15) is 66.7 Å². The predicted molar refractivity (Wildman–Crippen MR) is 92.1 cm³/mol. The Morgan fingerprint density at radius 2 is 1.70 bits per heavy atom. The Hall–Kier alpha value is -1.10. The standard InChI is InChI=1S/C18H34N2O3/c1-13(2)23-12-6-11-19-16(21)17(22)20-15-9-7-14(8-10-15)18(3,4)5/h13-15H,6-12H2,1-5H3,(H,19,21)(H,20,22). The minimum absolute atomic E-state index is 0.135. The first-order chi connectivity index (χ1) is 10.7. The first-order valence-electron chi connectivity index (χ1n) is 8.90. The van der Waals surface area contributed by atoms with E-state index in [1.807, 2.05) is 13.8 Å². The summed E-state index contributed by atoms with van der Waals surface area (Å²) in [5.41, 5.74) is 0.324. The van der Waals surface area contributed by atoms with E-state index in [0.717, 1.165) is 25.7 Å². The van der Waals surface area contributed by atoms with E-state index in [1.54, 1.807) is 0 Å². The predicted octanol–water partition coefficient (Wildman–Crippen LogP) is 2.64. The molecule has 5 heteroatoms. The summed E-state index contributed by atoms with van der Waals surface area (Å²) in [7, 11) is 0. The summed E-state index contributed by atoms with van der Waals surface area (Å²) in [6, 6.07) is 0.135. The average Bonchev–Trinajstić information content (AvgIpc) is 2.46. The molecule has 1 fully saturated rings. The van der Waals surface area contributed by atoms with Crippen molar-refractivity contribution in [1.82, 2.24) is 10.6 Å². The van der Waals surface area contributed by atoms with Gasteiger partial charge < -0.3 is 15.4 Å². The molecule has 0 saturated heterocycles. The number of hydrogen-bond donors (Lipinski definition) is 2. The zero-order chi connectivity index (χ0) is 17.5. The number of carbonyl (C=O) groups is 2. The Kier molecular flexibility index (Phi) is 8.03. The van der Waals surface area contributed by atoms with E-state index in [-0.39, 0.29) is 12.1 Å². The lowest BCUT2D eigenvalue weighted by Gasteiger charge is -2.37. The second-order valence-corrected chi connectivity index (χ2v) is 7.92. The zero-order valence-corrected chi connectivity index (χ0v) is 15.4. The molecule has 0 aromatic heterocycles. The third-order valence-corrected chi connectivity index (χ3v) is 4.55. The van der Waals surface area contributed by atoms with Crippen molar-refractivity contribution in [3.8, 4) is 0 Å². The molecule has 0 radical (unpaired) electrons. The van der Waals surface area contributed by atoms with E-state index in [2.05, 4.69) is 31.4 Å². The van der Waals surface area contributed by atoms with Crippen molar-refractivity contribution in [2.75, 3.05) is 13.2 Å². The molecular weight excluding hydrogens is 292 g/mol. The second-order valence-electron chi connectivity index (χ2n) is 7.92. The van der Waals surface area contributed by atoms with E-state index in [1.165, 1.54) is 0 Å². The fraction of sp³-hybridized carbons (Fsp3) is 0.889. The quantitative estimate of drug-likeness (QED) is 0.582. The topological polar surface area (TPSA) is 67.4 Å². The van der Waals surface area contributed by atoms with E-state index >= 15 is 0 Å². The van der Waals surface area contributed by atoms with Crippen LogP contribution in [0.5, 0.6) is 0 Å². The molecule has 23 heavy (non-hydrogen) atoms. The van der Waals surface area contributed by atoms with Crippen LogP contribution in [0.2, 0.25) is 0 Å². The van der Waals surface area contributed by atoms with Crippen LogP contribution in [0, 0.1) is 11.3 Å². The highest BCUT2D eigenvalue weighted by Crippen LogP contribution is 2.37. The van der Waals surface area contributed by atoms with Gasteiger partial charge in [-0.3, -0.25) is 9.59 Å². The third kappa shape index (κ3) is 7.82. The smallest absolute Gasteiger partial charge is 0.309 e. The molecule has 0 aromatic rings. The van der Waals surface area contributed by atoms with Gasteiger partial charge >= 0.3 is 11.8 Å². The van der Waals surface area contributed by atoms with Crippen LogP contribution in [0.3, 0.4) is 0 Å². The molecule has 1 aliphatic rings. The lowest BCUT2D eigenvalue weighted by atomic mass is 9.71. The number of rotatable bonds is 6. The van der Waals surface area contributed by atoms with Crippen molar-refractivity contribution in [3.63, 3.8) is 0 Å². The molecule has 5 nitrogen and oxygen atoms in total. The molecule has 0 spiro atoms. The van der Waals surface area contributed by atoms with Crippen molar-refractivity contribution >= 4 is 11.8 Å². The van der Waals surface area contributed by atoms with Crippen LogP contribution >= 0.6 is 0 Å². The van der Waals surface area contributed by atoms with E-state index < -0.39 is 11.8 Å². The van der Waals surface area contributed by atoms with Gasteiger partial charge in [0, 0.05) is 19.2 Å². The summed E-state index contributed by atoms with van der Waals surface area (Å²) in [6.07, 6.45) is 5.06. The van der Waals surface area contributed by atoms with Gasteiger partial charge in [-0.05, 0) is 57.3 Å². The van der Waals surface area contributed by atoms with Crippen molar-refractivity contribution in [2.24, 2.45) is 11.3 Å². The Morgan fingerprint density at radius 1 is 1.09 bits per heavy atom. The van der Waals surface area contributed by atoms with Gasteiger partial charge in [0.1, 0.15) is 0 Å². The van der Waals surface area contributed by atoms with Crippen molar-refractivity contribution < 1.29 is 14.3 Å². The zero-order valence-electron chi connectivity index (χ0n) is 15.4. The van der Waals surface area contributed by atoms with Crippen LogP contribution < -0.4 is 10.6 Å². The Labute approximate surface area is 140 Å². The summed E-state index contributed by atoms with van der Waals surface area (Å²) >= 11 is 0. The van der Waals surface area contributed by atoms with Gasteiger partial charge in [-0.1, -0.05) is 20.8 Å². The molecule has 1 aliphatic carbocycles.